The molecule has 0 bridgehead atoms. The molecule has 19 heavy (non-hydrogen) atoms. The molecule has 0 amide bonds. The monoisotopic (exact) mass is 254 g/mol. The van der Waals surface area contributed by atoms with E-state index >= 15 is 0 Å². The second-order valence-corrected chi connectivity index (χ2v) is 4.92. The van der Waals surface area contributed by atoms with Crippen LogP contribution in [0.5, 0.6) is 0 Å². The summed E-state index contributed by atoms with van der Waals surface area (Å²) in [5.74, 6) is 0.876. The molecule has 0 unspecified atom stereocenters. The van der Waals surface area contributed by atoms with Gasteiger partial charge in [0.25, 0.3) is 0 Å². The topological polar surface area (TPSA) is 41.1 Å². The van der Waals surface area contributed by atoms with Gasteiger partial charge in [0.1, 0.15) is 0 Å². The molecule has 1 aromatic carbocycles. The zero-order valence-electron chi connectivity index (χ0n) is 11.1. The molecule has 4 heteroatoms. The molecule has 0 atom stereocenters. The Kier molecular flexibility index (Phi) is 3.42. The number of nitrogens with zero attached hydrogens (tertiary/aromatic N) is 3. The maximum absolute atomic E-state index is 4.65. The van der Waals surface area contributed by atoms with Gasteiger partial charge in [-0.1, -0.05) is 18.2 Å². The summed E-state index contributed by atoms with van der Waals surface area (Å²) >= 11 is 0. The van der Waals surface area contributed by atoms with Crippen molar-refractivity contribution in [1.29, 1.82) is 0 Å². The number of aromatic nitrogens is 2. The molecular formula is C15H18N4. The van der Waals surface area contributed by atoms with E-state index in [1.165, 1.54) is 12.8 Å². The standard InChI is InChI=1S/C15H18N4/c1-19(14-5-3-2-4-6-14)15-11-16-9-13(18-15)10-17-12-7-8-12/h2-6,9,11-12,17H,7-8,10H2,1H3. The van der Waals surface area contributed by atoms with Gasteiger partial charge < -0.3 is 10.2 Å². The summed E-state index contributed by atoms with van der Waals surface area (Å²) in [7, 11) is 2.01. The summed E-state index contributed by atoms with van der Waals surface area (Å²) in [6.45, 7) is 0.800. The smallest absolute Gasteiger partial charge is 0.151 e. The molecule has 0 aliphatic heterocycles. The third kappa shape index (κ3) is 3.09. The van der Waals surface area contributed by atoms with Gasteiger partial charge in [-0.05, 0) is 25.0 Å². The zero-order valence-corrected chi connectivity index (χ0v) is 11.1. The Bertz CT molecular complexity index is 537. The van der Waals surface area contributed by atoms with Crippen molar-refractivity contribution in [2.45, 2.75) is 25.4 Å². The van der Waals surface area contributed by atoms with Crippen molar-refractivity contribution in [2.75, 3.05) is 11.9 Å². The lowest BCUT2D eigenvalue weighted by atomic mass is 10.3. The first-order chi connectivity index (χ1) is 9.33. The molecular weight excluding hydrogens is 236 g/mol. The molecule has 1 fully saturated rings. The maximum Gasteiger partial charge on any atom is 0.151 e. The first-order valence-electron chi connectivity index (χ1n) is 6.66. The van der Waals surface area contributed by atoms with Crippen LogP contribution in [0.4, 0.5) is 11.5 Å². The summed E-state index contributed by atoms with van der Waals surface area (Å²) in [4.78, 5) is 11.0. The number of rotatable bonds is 5. The number of nitrogens with one attached hydrogen (secondary N) is 1. The van der Waals surface area contributed by atoms with Gasteiger partial charge in [0, 0.05) is 31.5 Å². The summed E-state index contributed by atoms with van der Waals surface area (Å²) in [5.41, 5.74) is 2.11. The van der Waals surface area contributed by atoms with E-state index in [1.54, 1.807) is 6.20 Å². The van der Waals surface area contributed by atoms with Crippen LogP contribution in [0.1, 0.15) is 18.5 Å². The van der Waals surface area contributed by atoms with Crippen molar-refractivity contribution >= 4 is 11.5 Å². The highest BCUT2D eigenvalue weighted by Gasteiger charge is 2.20. The third-order valence-corrected chi connectivity index (χ3v) is 3.31. The fourth-order valence-corrected chi connectivity index (χ4v) is 1.96. The first-order valence-corrected chi connectivity index (χ1v) is 6.66. The number of anilines is 2. The molecule has 1 aliphatic carbocycles. The van der Waals surface area contributed by atoms with Crippen LogP contribution in [-0.4, -0.2) is 23.1 Å². The molecule has 1 N–H and O–H groups in total. The second kappa shape index (κ2) is 5.36. The lowest BCUT2D eigenvalue weighted by Crippen LogP contribution is -2.18. The molecule has 1 aromatic heterocycles. The molecule has 2 aromatic rings. The van der Waals surface area contributed by atoms with Crippen molar-refractivity contribution < 1.29 is 0 Å². The lowest BCUT2D eigenvalue weighted by Gasteiger charge is -2.18. The highest BCUT2D eigenvalue weighted by atomic mass is 15.2. The fraction of sp³-hybridized carbons (Fsp3) is 0.333. The van der Waals surface area contributed by atoms with E-state index in [9.17, 15) is 0 Å². The molecule has 0 spiro atoms. The molecule has 1 saturated carbocycles. The number of benzene rings is 1. The van der Waals surface area contributed by atoms with Gasteiger partial charge in [-0.2, -0.15) is 0 Å². The van der Waals surface area contributed by atoms with Crippen LogP contribution in [0.25, 0.3) is 0 Å². The van der Waals surface area contributed by atoms with Gasteiger partial charge in [-0.25, -0.2) is 4.98 Å². The van der Waals surface area contributed by atoms with Gasteiger partial charge in [0.05, 0.1) is 11.9 Å². The van der Waals surface area contributed by atoms with E-state index in [4.69, 9.17) is 0 Å². The molecule has 3 rings (SSSR count). The summed E-state index contributed by atoms with van der Waals surface area (Å²) in [5, 5.41) is 3.46. The second-order valence-electron chi connectivity index (χ2n) is 4.92. The maximum atomic E-state index is 4.65. The van der Waals surface area contributed by atoms with Crippen molar-refractivity contribution in [3.63, 3.8) is 0 Å². The SMILES string of the molecule is CN(c1ccccc1)c1cncc(CNC2CC2)n1. The van der Waals surface area contributed by atoms with E-state index in [2.05, 4.69) is 27.4 Å². The number of hydrogen-bond acceptors (Lipinski definition) is 4. The molecule has 1 heterocycles. The average Bonchev–Trinajstić information content (AvgIpc) is 3.30. The lowest BCUT2D eigenvalue weighted by molar-refractivity contribution is 0.671. The van der Waals surface area contributed by atoms with Gasteiger partial charge in [0.2, 0.25) is 0 Å². The Morgan fingerprint density at radius 3 is 2.74 bits per heavy atom. The van der Waals surface area contributed by atoms with E-state index in [-0.39, 0.29) is 0 Å². The van der Waals surface area contributed by atoms with Crippen LogP contribution in [0.15, 0.2) is 42.7 Å². The Labute approximate surface area is 113 Å². The van der Waals surface area contributed by atoms with Crippen LogP contribution < -0.4 is 10.2 Å². The average molecular weight is 254 g/mol. The van der Waals surface area contributed by atoms with Crippen molar-refractivity contribution in [3.8, 4) is 0 Å². The van der Waals surface area contributed by atoms with Crippen molar-refractivity contribution in [3.05, 3.63) is 48.4 Å². The quantitative estimate of drug-likeness (QED) is 0.890. The predicted molar refractivity (Wildman–Crippen MR) is 76.4 cm³/mol. The Morgan fingerprint density at radius 2 is 2.00 bits per heavy atom. The minimum atomic E-state index is 0.692. The third-order valence-electron chi connectivity index (χ3n) is 3.31. The van der Waals surface area contributed by atoms with Gasteiger partial charge in [0.15, 0.2) is 5.82 Å². The summed E-state index contributed by atoms with van der Waals surface area (Å²) < 4.78 is 0. The Balaban J connectivity index is 1.74. The number of hydrogen-bond donors (Lipinski definition) is 1. The van der Waals surface area contributed by atoms with Crippen LogP contribution >= 0.6 is 0 Å². The van der Waals surface area contributed by atoms with Crippen molar-refractivity contribution in [1.82, 2.24) is 15.3 Å². The van der Waals surface area contributed by atoms with Crippen LogP contribution in [0.2, 0.25) is 0 Å². The molecule has 1 aliphatic rings. The van der Waals surface area contributed by atoms with Gasteiger partial charge in [-0.3, -0.25) is 4.98 Å². The van der Waals surface area contributed by atoms with E-state index < -0.39 is 0 Å². The normalized spacial score (nSPS) is 14.4. The van der Waals surface area contributed by atoms with Gasteiger partial charge >= 0.3 is 0 Å². The zero-order chi connectivity index (χ0) is 13.1. The van der Waals surface area contributed by atoms with Crippen LogP contribution in [0, 0.1) is 0 Å². The molecule has 0 radical (unpaired) electrons. The number of para-hydroxylation sites is 1. The van der Waals surface area contributed by atoms with E-state index in [1.807, 2.05) is 36.3 Å². The molecule has 4 nitrogen and oxygen atoms in total. The van der Waals surface area contributed by atoms with E-state index in [0.29, 0.717) is 6.04 Å². The fourth-order valence-electron chi connectivity index (χ4n) is 1.96. The Morgan fingerprint density at radius 1 is 1.21 bits per heavy atom. The molecule has 98 valence electrons. The van der Waals surface area contributed by atoms with Crippen LogP contribution in [-0.2, 0) is 6.54 Å². The first kappa shape index (κ1) is 12.1. The summed E-state index contributed by atoms with van der Waals surface area (Å²) in [6, 6.07) is 10.9. The highest BCUT2D eigenvalue weighted by molar-refractivity contribution is 5.57. The predicted octanol–water partition coefficient (Wildman–Crippen LogP) is 2.50. The summed E-state index contributed by atoms with van der Waals surface area (Å²) in [6.07, 6.45) is 6.21. The molecule has 0 saturated heterocycles. The largest absolute Gasteiger partial charge is 0.328 e. The van der Waals surface area contributed by atoms with Crippen molar-refractivity contribution in [2.24, 2.45) is 0 Å². The highest BCUT2D eigenvalue weighted by Crippen LogP contribution is 2.21. The minimum absolute atomic E-state index is 0.692. The van der Waals surface area contributed by atoms with Gasteiger partial charge in [-0.15, -0.1) is 0 Å². The van der Waals surface area contributed by atoms with E-state index in [0.717, 1.165) is 23.7 Å². The Hall–Kier alpha value is -1.94. The van der Waals surface area contributed by atoms with Crippen LogP contribution in [0.3, 0.4) is 0 Å². The minimum Gasteiger partial charge on any atom is -0.328 e.